The van der Waals surface area contributed by atoms with Crippen LogP contribution < -0.4 is 10.9 Å². The molecule has 7 nitrogen and oxygen atoms in total. The van der Waals surface area contributed by atoms with E-state index in [0.717, 1.165) is 23.5 Å². The second kappa shape index (κ2) is 9.07. The number of H-pyrrole nitrogens is 1. The molecule has 0 aliphatic carbocycles. The first kappa shape index (κ1) is 22.8. The van der Waals surface area contributed by atoms with Gasteiger partial charge in [-0.3, -0.25) is 9.59 Å². The van der Waals surface area contributed by atoms with Crippen molar-refractivity contribution < 1.29 is 13.2 Å². The molecule has 0 spiro atoms. The molecule has 2 N–H and O–H groups in total. The summed E-state index contributed by atoms with van der Waals surface area (Å²) in [5.41, 5.74) is 0.751. The van der Waals surface area contributed by atoms with Crippen LogP contribution in [-0.4, -0.2) is 30.0 Å². The zero-order valence-electron chi connectivity index (χ0n) is 17.4. The zero-order valence-corrected chi connectivity index (χ0v) is 19.0. The quantitative estimate of drug-likeness (QED) is 0.432. The number of aromatic nitrogens is 2. The van der Waals surface area contributed by atoms with Gasteiger partial charge in [0.15, 0.2) is 10.1 Å². The van der Waals surface area contributed by atoms with Crippen LogP contribution >= 0.6 is 11.8 Å². The Balaban J connectivity index is 1.72. The first-order chi connectivity index (χ1) is 14.6. The molecule has 3 rings (SSSR count). The number of carbonyl (C=O) groups is 1. The molecular formula is C22H23N3O4S2. The molecule has 3 aromatic rings. The van der Waals surface area contributed by atoms with Crippen molar-refractivity contribution in [2.24, 2.45) is 0 Å². The minimum atomic E-state index is -4.02. The van der Waals surface area contributed by atoms with E-state index in [1.165, 1.54) is 12.1 Å². The van der Waals surface area contributed by atoms with E-state index in [9.17, 15) is 18.0 Å². The number of thioether (sulfide) groups is 1. The smallest absolute Gasteiger partial charge is 0.270 e. The Labute approximate surface area is 185 Å². The van der Waals surface area contributed by atoms with Crippen LogP contribution in [0.5, 0.6) is 0 Å². The molecule has 1 aromatic heterocycles. The van der Waals surface area contributed by atoms with Gasteiger partial charge in [0, 0.05) is 5.69 Å². The number of amides is 1. The van der Waals surface area contributed by atoms with Crippen LogP contribution in [0.1, 0.15) is 26.3 Å². The van der Waals surface area contributed by atoms with Crippen molar-refractivity contribution in [3.05, 3.63) is 76.7 Å². The summed E-state index contributed by atoms with van der Waals surface area (Å²) in [7, 11) is -4.02. The van der Waals surface area contributed by atoms with Gasteiger partial charge in [-0.05, 0) is 35.2 Å². The van der Waals surface area contributed by atoms with E-state index in [1.807, 2.05) is 26.8 Å². The molecule has 2 aromatic carbocycles. The van der Waals surface area contributed by atoms with Crippen LogP contribution in [0, 0.1) is 0 Å². The maximum absolute atomic E-state index is 12.9. The van der Waals surface area contributed by atoms with Gasteiger partial charge >= 0.3 is 0 Å². The Kier molecular flexibility index (Phi) is 6.66. The number of benzene rings is 2. The lowest BCUT2D eigenvalue weighted by Gasteiger charge is -2.19. The Morgan fingerprint density at radius 3 is 2.29 bits per heavy atom. The van der Waals surface area contributed by atoms with Crippen molar-refractivity contribution in [2.45, 2.75) is 41.1 Å². The van der Waals surface area contributed by atoms with Gasteiger partial charge in [-0.1, -0.05) is 62.9 Å². The van der Waals surface area contributed by atoms with E-state index in [4.69, 9.17) is 0 Å². The molecule has 0 aliphatic rings. The number of carbonyl (C=O) groups excluding carboxylic acids is 1. The highest BCUT2D eigenvalue weighted by molar-refractivity contribution is 7.99. The Hall–Kier alpha value is -2.91. The Bertz CT molecular complexity index is 1230. The predicted molar refractivity (Wildman–Crippen MR) is 121 cm³/mol. The van der Waals surface area contributed by atoms with E-state index in [0.29, 0.717) is 5.69 Å². The van der Waals surface area contributed by atoms with Crippen molar-refractivity contribution in [2.75, 3.05) is 11.1 Å². The number of rotatable bonds is 6. The maximum Gasteiger partial charge on any atom is 0.270 e. The van der Waals surface area contributed by atoms with Crippen LogP contribution in [-0.2, 0) is 20.0 Å². The van der Waals surface area contributed by atoms with Crippen molar-refractivity contribution in [1.29, 1.82) is 0 Å². The van der Waals surface area contributed by atoms with Crippen LogP contribution in [0.25, 0.3) is 0 Å². The molecule has 1 amide bonds. The molecular weight excluding hydrogens is 434 g/mol. The van der Waals surface area contributed by atoms with Crippen LogP contribution in [0.4, 0.5) is 5.69 Å². The first-order valence-corrected chi connectivity index (χ1v) is 12.0. The summed E-state index contributed by atoms with van der Waals surface area (Å²) in [6.45, 7) is 6.09. The normalized spacial score (nSPS) is 11.8. The first-order valence-electron chi connectivity index (χ1n) is 9.50. The maximum atomic E-state index is 12.9. The van der Waals surface area contributed by atoms with Gasteiger partial charge in [0.2, 0.25) is 15.7 Å². The zero-order chi connectivity index (χ0) is 22.6. The van der Waals surface area contributed by atoms with Gasteiger partial charge in [0.1, 0.15) is 0 Å². The Morgan fingerprint density at radius 1 is 1.06 bits per heavy atom. The summed E-state index contributed by atoms with van der Waals surface area (Å²) in [5, 5.41) is 2.89. The molecule has 0 atom stereocenters. The average Bonchev–Trinajstić information content (AvgIpc) is 2.72. The molecule has 0 radical (unpaired) electrons. The minimum absolute atomic E-state index is 0.0121. The van der Waals surface area contributed by atoms with Gasteiger partial charge in [0.25, 0.3) is 5.56 Å². The van der Waals surface area contributed by atoms with E-state index >= 15 is 0 Å². The van der Waals surface area contributed by atoms with Gasteiger partial charge in [0.05, 0.1) is 16.8 Å². The molecule has 162 valence electrons. The largest absolute Gasteiger partial charge is 0.325 e. The lowest BCUT2D eigenvalue weighted by atomic mass is 9.87. The second-order valence-electron chi connectivity index (χ2n) is 7.86. The molecule has 0 saturated heterocycles. The van der Waals surface area contributed by atoms with Crippen LogP contribution in [0.2, 0.25) is 0 Å². The van der Waals surface area contributed by atoms with Gasteiger partial charge in [-0.2, -0.15) is 0 Å². The molecule has 9 heteroatoms. The third-order valence-electron chi connectivity index (χ3n) is 4.46. The van der Waals surface area contributed by atoms with E-state index in [2.05, 4.69) is 15.3 Å². The fourth-order valence-corrected chi connectivity index (χ4v) is 4.61. The number of hydrogen-bond donors (Lipinski definition) is 2. The van der Waals surface area contributed by atoms with Crippen LogP contribution in [0.15, 0.2) is 80.5 Å². The van der Waals surface area contributed by atoms with Crippen molar-refractivity contribution in [3.63, 3.8) is 0 Å². The number of para-hydroxylation sites is 1. The monoisotopic (exact) mass is 457 g/mol. The molecule has 0 fully saturated rings. The number of anilines is 1. The van der Waals surface area contributed by atoms with Crippen molar-refractivity contribution in [1.82, 2.24) is 9.97 Å². The third kappa shape index (κ3) is 5.62. The summed E-state index contributed by atoms with van der Waals surface area (Å²) in [5.74, 6) is -0.257. The molecule has 0 saturated carbocycles. The minimum Gasteiger partial charge on any atom is -0.325 e. The number of nitrogens with zero attached hydrogens (tertiary/aromatic N) is 1. The van der Waals surface area contributed by atoms with E-state index in [1.54, 1.807) is 36.4 Å². The lowest BCUT2D eigenvalue weighted by Crippen LogP contribution is -2.20. The second-order valence-corrected chi connectivity index (χ2v) is 10.7. The van der Waals surface area contributed by atoms with Gasteiger partial charge in [-0.25, -0.2) is 13.4 Å². The SMILES string of the molecule is CC(C)(C)c1ccc(S(=O)(=O)c2cnc(SCC(=O)Nc3ccccc3)[nH]c2=O)cc1. The third-order valence-corrected chi connectivity index (χ3v) is 7.11. The predicted octanol–water partition coefficient (Wildman–Crippen LogP) is 3.63. The van der Waals surface area contributed by atoms with Crippen molar-refractivity contribution >= 4 is 33.2 Å². The topological polar surface area (TPSA) is 109 Å². The average molecular weight is 458 g/mol. The Morgan fingerprint density at radius 2 is 1.71 bits per heavy atom. The summed E-state index contributed by atoms with van der Waals surface area (Å²) >= 11 is 1.01. The number of nitrogens with one attached hydrogen (secondary N) is 2. The number of aromatic amines is 1. The molecule has 31 heavy (non-hydrogen) atoms. The summed E-state index contributed by atoms with van der Waals surface area (Å²) in [6, 6.07) is 15.4. The number of hydrogen-bond acceptors (Lipinski definition) is 6. The van der Waals surface area contributed by atoms with E-state index < -0.39 is 20.3 Å². The highest BCUT2D eigenvalue weighted by Crippen LogP contribution is 2.25. The van der Waals surface area contributed by atoms with Gasteiger partial charge in [-0.15, -0.1) is 0 Å². The number of sulfone groups is 1. The molecule has 0 aliphatic heterocycles. The summed E-state index contributed by atoms with van der Waals surface area (Å²) in [6.07, 6.45) is 1.03. The van der Waals surface area contributed by atoms with E-state index in [-0.39, 0.29) is 27.1 Å². The molecule has 1 heterocycles. The highest BCUT2D eigenvalue weighted by Gasteiger charge is 2.23. The fraction of sp³-hybridized carbons (Fsp3) is 0.227. The standard InChI is InChI=1S/C22H23N3O4S2/c1-22(2,3)15-9-11-17(12-10-15)31(28,29)18-13-23-21(25-20(18)27)30-14-19(26)24-16-7-5-4-6-8-16/h4-13H,14H2,1-3H3,(H,24,26)(H,23,25,27). The van der Waals surface area contributed by atoms with Crippen LogP contribution in [0.3, 0.4) is 0 Å². The fourth-order valence-electron chi connectivity index (χ4n) is 2.75. The highest BCUT2D eigenvalue weighted by atomic mass is 32.2. The summed E-state index contributed by atoms with van der Waals surface area (Å²) < 4.78 is 25.7. The summed E-state index contributed by atoms with van der Waals surface area (Å²) in [4.78, 5) is 30.5. The van der Waals surface area contributed by atoms with Gasteiger partial charge < -0.3 is 10.3 Å². The lowest BCUT2D eigenvalue weighted by molar-refractivity contribution is -0.113. The van der Waals surface area contributed by atoms with Crippen molar-refractivity contribution in [3.8, 4) is 0 Å². The molecule has 0 bridgehead atoms. The molecule has 0 unspecified atom stereocenters.